The highest BCUT2D eigenvalue weighted by atomic mass is 79.9. The van der Waals surface area contributed by atoms with E-state index in [9.17, 15) is 0 Å². The van der Waals surface area contributed by atoms with E-state index in [0.29, 0.717) is 12.0 Å². The predicted octanol–water partition coefficient (Wildman–Crippen LogP) is 3.02. The zero-order valence-corrected chi connectivity index (χ0v) is 13.3. The second kappa shape index (κ2) is 6.73. The van der Waals surface area contributed by atoms with Gasteiger partial charge >= 0.3 is 0 Å². The lowest BCUT2D eigenvalue weighted by Gasteiger charge is -2.36. The van der Waals surface area contributed by atoms with E-state index in [4.69, 9.17) is 10.5 Å². The molecule has 1 aliphatic heterocycles. The van der Waals surface area contributed by atoms with Crippen LogP contribution < -0.4 is 10.5 Å². The number of benzene rings is 1. The number of methoxy groups -OCH3 is 1. The molecule has 0 aromatic heterocycles. The fourth-order valence-electron chi connectivity index (χ4n) is 2.77. The van der Waals surface area contributed by atoms with Crippen molar-refractivity contribution in [2.75, 3.05) is 20.2 Å². The molecule has 1 aromatic rings. The summed E-state index contributed by atoms with van der Waals surface area (Å²) in [4.78, 5) is 2.51. The van der Waals surface area contributed by atoms with Gasteiger partial charge in [-0.3, -0.25) is 4.90 Å². The maximum absolute atomic E-state index is 6.16. The molecule has 4 heteroatoms. The standard InChI is InChI=1S/C15H23BrN2O/c1-3-12-10-18(7-6-14(12)17)9-11-4-5-15(19-2)13(16)8-11/h4-5,8,12,14H,3,6-7,9-10,17H2,1-2H3. The Morgan fingerprint density at radius 3 is 2.89 bits per heavy atom. The van der Waals surface area contributed by atoms with E-state index in [1.165, 1.54) is 12.0 Å². The Hall–Kier alpha value is -0.580. The third kappa shape index (κ3) is 3.71. The molecule has 1 aromatic carbocycles. The van der Waals surface area contributed by atoms with Crippen LogP contribution in [0.15, 0.2) is 22.7 Å². The Kier molecular flexibility index (Phi) is 5.25. The van der Waals surface area contributed by atoms with E-state index in [1.54, 1.807) is 7.11 Å². The minimum Gasteiger partial charge on any atom is -0.496 e. The minimum atomic E-state index is 0.379. The number of halogens is 1. The van der Waals surface area contributed by atoms with Gasteiger partial charge in [0.2, 0.25) is 0 Å². The molecule has 0 saturated carbocycles. The van der Waals surface area contributed by atoms with Gasteiger partial charge in [0, 0.05) is 19.1 Å². The largest absolute Gasteiger partial charge is 0.496 e. The molecular formula is C15H23BrN2O. The van der Waals surface area contributed by atoms with Crippen molar-refractivity contribution in [3.05, 3.63) is 28.2 Å². The highest BCUT2D eigenvalue weighted by molar-refractivity contribution is 9.10. The zero-order chi connectivity index (χ0) is 13.8. The number of rotatable bonds is 4. The number of ether oxygens (including phenoxy) is 1. The van der Waals surface area contributed by atoms with Gasteiger partial charge < -0.3 is 10.5 Å². The number of likely N-dealkylation sites (tertiary alicyclic amines) is 1. The van der Waals surface area contributed by atoms with E-state index >= 15 is 0 Å². The fourth-order valence-corrected chi connectivity index (χ4v) is 3.36. The lowest BCUT2D eigenvalue weighted by molar-refractivity contribution is 0.145. The molecule has 1 aliphatic rings. The number of nitrogens with zero attached hydrogens (tertiary/aromatic N) is 1. The van der Waals surface area contributed by atoms with Gasteiger partial charge in [0.05, 0.1) is 11.6 Å². The van der Waals surface area contributed by atoms with Gasteiger partial charge in [-0.05, 0) is 52.5 Å². The van der Waals surface area contributed by atoms with Crippen molar-refractivity contribution >= 4 is 15.9 Å². The van der Waals surface area contributed by atoms with Gasteiger partial charge in [-0.25, -0.2) is 0 Å². The summed E-state index contributed by atoms with van der Waals surface area (Å²) in [6.45, 7) is 5.44. The van der Waals surface area contributed by atoms with Crippen molar-refractivity contribution in [1.82, 2.24) is 4.90 Å². The minimum absolute atomic E-state index is 0.379. The highest BCUT2D eigenvalue weighted by Gasteiger charge is 2.25. The van der Waals surface area contributed by atoms with Crippen LogP contribution in [0.25, 0.3) is 0 Å². The summed E-state index contributed by atoms with van der Waals surface area (Å²) in [5, 5.41) is 0. The van der Waals surface area contributed by atoms with E-state index in [-0.39, 0.29) is 0 Å². The van der Waals surface area contributed by atoms with Crippen molar-refractivity contribution in [3.63, 3.8) is 0 Å². The van der Waals surface area contributed by atoms with E-state index < -0.39 is 0 Å². The van der Waals surface area contributed by atoms with Crippen LogP contribution in [0.3, 0.4) is 0 Å². The summed E-state index contributed by atoms with van der Waals surface area (Å²) in [7, 11) is 1.69. The molecule has 0 radical (unpaired) electrons. The van der Waals surface area contributed by atoms with Crippen molar-refractivity contribution in [1.29, 1.82) is 0 Å². The molecule has 2 rings (SSSR count). The molecule has 1 saturated heterocycles. The fraction of sp³-hybridized carbons (Fsp3) is 0.600. The maximum atomic E-state index is 6.16. The Labute approximate surface area is 124 Å². The van der Waals surface area contributed by atoms with Crippen molar-refractivity contribution in [2.45, 2.75) is 32.4 Å². The first-order chi connectivity index (χ1) is 9.13. The monoisotopic (exact) mass is 326 g/mol. The smallest absolute Gasteiger partial charge is 0.133 e. The van der Waals surface area contributed by atoms with Gasteiger partial charge in [0.1, 0.15) is 5.75 Å². The van der Waals surface area contributed by atoms with Crippen LogP contribution in [-0.4, -0.2) is 31.1 Å². The Morgan fingerprint density at radius 1 is 1.47 bits per heavy atom. The third-order valence-electron chi connectivity index (χ3n) is 4.02. The first kappa shape index (κ1) is 14.8. The Balaban J connectivity index is 1.99. The number of piperidine rings is 1. The Bertz CT molecular complexity index is 425. The van der Waals surface area contributed by atoms with E-state index in [1.807, 2.05) is 6.07 Å². The molecule has 19 heavy (non-hydrogen) atoms. The quantitative estimate of drug-likeness (QED) is 0.924. The van der Waals surface area contributed by atoms with E-state index in [2.05, 4.69) is 39.9 Å². The molecule has 1 heterocycles. The van der Waals surface area contributed by atoms with Crippen LogP contribution in [-0.2, 0) is 6.54 Å². The molecule has 3 nitrogen and oxygen atoms in total. The van der Waals surface area contributed by atoms with Crippen molar-refractivity contribution in [2.24, 2.45) is 11.7 Å². The second-order valence-corrected chi connectivity index (χ2v) is 6.18. The maximum Gasteiger partial charge on any atom is 0.133 e. The average Bonchev–Trinajstić information content (AvgIpc) is 2.41. The topological polar surface area (TPSA) is 38.5 Å². The molecule has 0 spiro atoms. The molecule has 0 bridgehead atoms. The normalized spacial score (nSPS) is 24.4. The van der Waals surface area contributed by atoms with Crippen LogP contribution in [0.4, 0.5) is 0 Å². The first-order valence-electron chi connectivity index (χ1n) is 6.94. The predicted molar refractivity (Wildman–Crippen MR) is 82.3 cm³/mol. The summed E-state index contributed by atoms with van der Waals surface area (Å²) < 4.78 is 6.28. The first-order valence-corrected chi connectivity index (χ1v) is 7.73. The lowest BCUT2D eigenvalue weighted by Crippen LogP contribution is -2.46. The van der Waals surface area contributed by atoms with E-state index in [0.717, 1.165) is 36.3 Å². The third-order valence-corrected chi connectivity index (χ3v) is 4.64. The molecular weight excluding hydrogens is 304 g/mol. The zero-order valence-electron chi connectivity index (χ0n) is 11.7. The number of hydrogen-bond donors (Lipinski definition) is 1. The number of nitrogens with two attached hydrogens (primary N) is 1. The van der Waals surface area contributed by atoms with Gasteiger partial charge in [0.25, 0.3) is 0 Å². The molecule has 0 amide bonds. The highest BCUT2D eigenvalue weighted by Crippen LogP contribution is 2.27. The SMILES string of the molecule is CCC1CN(Cc2ccc(OC)c(Br)c2)CCC1N. The molecule has 2 N–H and O–H groups in total. The summed E-state index contributed by atoms with van der Waals surface area (Å²) >= 11 is 3.54. The van der Waals surface area contributed by atoms with Crippen LogP contribution in [0.5, 0.6) is 5.75 Å². The van der Waals surface area contributed by atoms with Gasteiger partial charge in [-0.2, -0.15) is 0 Å². The Morgan fingerprint density at radius 2 is 2.26 bits per heavy atom. The molecule has 0 aliphatic carbocycles. The second-order valence-electron chi connectivity index (χ2n) is 5.32. The van der Waals surface area contributed by atoms with Crippen LogP contribution in [0.1, 0.15) is 25.3 Å². The van der Waals surface area contributed by atoms with Crippen molar-refractivity contribution in [3.8, 4) is 5.75 Å². The summed E-state index contributed by atoms with van der Waals surface area (Å²) in [6, 6.07) is 6.68. The van der Waals surface area contributed by atoms with Crippen LogP contribution >= 0.6 is 15.9 Å². The number of hydrogen-bond acceptors (Lipinski definition) is 3. The lowest BCUT2D eigenvalue weighted by atomic mass is 9.90. The van der Waals surface area contributed by atoms with Gasteiger partial charge in [-0.1, -0.05) is 19.4 Å². The summed E-state index contributed by atoms with van der Waals surface area (Å²) in [5.41, 5.74) is 7.47. The molecule has 1 fully saturated rings. The van der Waals surface area contributed by atoms with Gasteiger partial charge in [0.15, 0.2) is 0 Å². The van der Waals surface area contributed by atoms with Gasteiger partial charge in [-0.15, -0.1) is 0 Å². The molecule has 106 valence electrons. The summed E-state index contributed by atoms with van der Waals surface area (Å²) in [5.74, 6) is 1.52. The van der Waals surface area contributed by atoms with Crippen LogP contribution in [0.2, 0.25) is 0 Å². The summed E-state index contributed by atoms with van der Waals surface area (Å²) in [6.07, 6.45) is 2.28. The molecule has 2 atom stereocenters. The average molecular weight is 327 g/mol. The van der Waals surface area contributed by atoms with Crippen LogP contribution in [0, 0.1) is 5.92 Å². The van der Waals surface area contributed by atoms with Crippen molar-refractivity contribution < 1.29 is 4.74 Å². The molecule has 2 unspecified atom stereocenters.